The average molecular weight is 411 g/mol. The van der Waals surface area contributed by atoms with Crippen molar-refractivity contribution < 1.29 is 9.53 Å². The van der Waals surface area contributed by atoms with Gasteiger partial charge in [0.15, 0.2) is 11.6 Å². The molecule has 0 spiro atoms. The molecule has 1 amide bonds. The third-order valence-electron chi connectivity index (χ3n) is 5.49. The standard InChI is InChI=1S/C22H26N4O2S/c1-13-18-14(2)24-15(3)25-22(18)29-19(13)21(27)26-20-17(10-7-11-23-20)28-12-16-8-5-4-6-9-16/h7,10-11,16H,4-6,8-9,12H2,1-3H3,(H,23,26,27). The molecule has 3 heterocycles. The van der Waals surface area contributed by atoms with Crippen LogP contribution in [0.2, 0.25) is 0 Å². The van der Waals surface area contributed by atoms with Gasteiger partial charge < -0.3 is 10.1 Å². The van der Waals surface area contributed by atoms with Gasteiger partial charge in [0.2, 0.25) is 0 Å². The fraction of sp³-hybridized carbons (Fsp3) is 0.455. The Morgan fingerprint density at radius 3 is 2.79 bits per heavy atom. The number of amides is 1. The van der Waals surface area contributed by atoms with Gasteiger partial charge in [-0.15, -0.1) is 11.3 Å². The number of ether oxygens (including phenoxy) is 1. The van der Waals surface area contributed by atoms with Gasteiger partial charge in [-0.05, 0) is 57.2 Å². The second kappa shape index (κ2) is 8.45. The number of aryl methyl sites for hydroxylation is 3. The summed E-state index contributed by atoms with van der Waals surface area (Å²) in [5.41, 5.74) is 1.80. The van der Waals surface area contributed by atoms with Crippen molar-refractivity contribution in [2.45, 2.75) is 52.9 Å². The van der Waals surface area contributed by atoms with Gasteiger partial charge in [-0.3, -0.25) is 4.79 Å². The molecule has 1 N–H and O–H groups in total. The molecule has 0 atom stereocenters. The first-order valence-corrected chi connectivity index (χ1v) is 11.0. The van der Waals surface area contributed by atoms with Crippen LogP contribution in [-0.2, 0) is 0 Å². The van der Waals surface area contributed by atoms with E-state index in [1.807, 2.05) is 32.9 Å². The maximum absolute atomic E-state index is 13.0. The molecular weight excluding hydrogens is 384 g/mol. The van der Waals surface area contributed by atoms with Crippen LogP contribution in [0.5, 0.6) is 5.75 Å². The maximum atomic E-state index is 13.0. The van der Waals surface area contributed by atoms with E-state index in [9.17, 15) is 4.79 Å². The van der Waals surface area contributed by atoms with E-state index >= 15 is 0 Å². The Hall–Kier alpha value is -2.54. The number of hydrogen-bond donors (Lipinski definition) is 1. The van der Waals surface area contributed by atoms with Gasteiger partial charge >= 0.3 is 0 Å². The summed E-state index contributed by atoms with van der Waals surface area (Å²) in [4.78, 5) is 27.8. The molecule has 1 aliphatic rings. The Kier molecular flexibility index (Phi) is 5.76. The van der Waals surface area contributed by atoms with Crippen LogP contribution < -0.4 is 10.1 Å². The van der Waals surface area contributed by atoms with Gasteiger partial charge in [0.25, 0.3) is 5.91 Å². The van der Waals surface area contributed by atoms with Crippen LogP contribution in [0.4, 0.5) is 5.82 Å². The summed E-state index contributed by atoms with van der Waals surface area (Å²) in [6, 6.07) is 3.69. The number of anilines is 1. The number of aromatic nitrogens is 3. The number of pyridine rings is 1. The molecule has 0 radical (unpaired) electrons. The summed E-state index contributed by atoms with van der Waals surface area (Å²) < 4.78 is 6.04. The Bertz CT molecular complexity index is 1040. The number of hydrogen-bond acceptors (Lipinski definition) is 6. The van der Waals surface area contributed by atoms with E-state index in [1.54, 1.807) is 6.20 Å². The van der Waals surface area contributed by atoms with Crippen LogP contribution in [0, 0.1) is 26.7 Å². The second-order valence-electron chi connectivity index (χ2n) is 7.71. The van der Waals surface area contributed by atoms with E-state index in [4.69, 9.17) is 4.74 Å². The van der Waals surface area contributed by atoms with Crippen LogP contribution in [0.25, 0.3) is 10.2 Å². The Labute approximate surface area is 174 Å². The first kappa shape index (κ1) is 19.8. The minimum atomic E-state index is -0.191. The van der Waals surface area contributed by atoms with Crippen molar-refractivity contribution in [3.63, 3.8) is 0 Å². The summed E-state index contributed by atoms with van der Waals surface area (Å²) in [7, 11) is 0. The van der Waals surface area contributed by atoms with Crippen molar-refractivity contribution >= 4 is 33.3 Å². The minimum Gasteiger partial charge on any atom is -0.489 e. The third kappa shape index (κ3) is 4.24. The first-order valence-electron chi connectivity index (χ1n) is 10.2. The third-order valence-corrected chi connectivity index (χ3v) is 6.68. The molecule has 1 aliphatic carbocycles. The largest absolute Gasteiger partial charge is 0.489 e. The van der Waals surface area contributed by atoms with Gasteiger partial charge in [0.05, 0.1) is 11.5 Å². The van der Waals surface area contributed by atoms with E-state index in [0.29, 0.717) is 34.8 Å². The molecule has 7 heteroatoms. The first-order chi connectivity index (χ1) is 14.0. The monoisotopic (exact) mass is 410 g/mol. The molecule has 29 heavy (non-hydrogen) atoms. The molecule has 1 fully saturated rings. The molecule has 0 saturated heterocycles. The van der Waals surface area contributed by atoms with Crippen molar-refractivity contribution in [3.05, 3.63) is 40.3 Å². The van der Waals surface area contributed by atoms with E-state index < -0.39 is 0 Å². The van der Waals surface area contributed by atoms with Crippen molar-refractivity contribution in [2.75, 3.05) is 11.9 Å². The van der Waals surface area contributed by atoms with E-state index in [1.165, 1.54) is 43.4 Å². The Morgan fingerprint density at radius 1 is 1.21 bits per heavy atom. The summed E-state index contributed by atoms with van der Waals surface area (Å²) in [5.74, 6) is 2.19. The highest BCUT2D eigenvalue weighted by atomic mass is 32.1. The summed E-state index contributed by atoms with van der Waals surface area (Å²) in [6.07, 6.45) is 7.96. The van der Waals surface area contributed by atoms with E-state index in [0.717, 1.165) is 21.5 Å². The highest BCUT2D eigenvalue weighted by Crippen LogP contribution is 2.33. The Balaban J connectivity index is 1.53. The zero-order valence-corrected chi connectivity index (χ0v) is 17.9. The number of rotatable bonds is 5. The number of fused-ring (bicyclic) bond motifs is 1. The summed E-state index contributed by atoms with van der Waals surface area (Å²) in [5, 5.41) is 3.90. The molecule has 0 aromatic carbocycles. The molecule has 6 nitrogen and oxygen atoms in total. The van der Waals surface area contributed by atoms with Crippen LogP contribution >= 0.6 is 11.3 Å². The SMILES string of the molecule is Cc1nc(C)c2c(C)c(C(=O)Nc3ncccc3OCC3CCCCC3)sc2n1. The molecule has 0 unspecified atom stereocenters. The molecule has 152 valence electrons. The number of thiophene rings is 1. The lowest BCUT2D eigenvalue weighted by molar-refractivity contribution is 0.102. The number of nitrogens with zero attached hydrogens (tertiary/aromatic N) is 3. The van der Waals surface area contributed by atoms with Crippen molar-refractivity contribution in [2.24, 2.45) is 5.92 Å². The van der Waals surface area contributed by atoms with Crippen molar-refractivity contribution in [1.82, 2.24) is 15.0 Å². The lowest BCUT2D eigenvalue weighted by Crippen LogP contribution is -2.17. The zero-order valence-electron chi connectivity index (χ0n) is 17.1. The predicted octanol–water partition coefficient (Wildman–Crippen LogP) is 5.22. The van der Waals surface area contributed by atoms with Crippen LogP contribution in [0.3, 0.4) is 0 Å². The van der Waals surface area contributed by atoms with Crippen molar-refractivity contribution in [3.8, 4) is 5.75 Å². The molecule has 0 aliphatic heterocycles. The van der Waals surface area contributed by atoms with Gasteiger partial charge in [-0.2, -0.15) is 0 Å². The fourth-order valence-corrected chi connectivity index (χ4v) is 5.19. The quantitative estimate of drug-likeness (QED) is 0.624. The van der Waals surface area contributed by atoms with Crippen LogP contribution in [0.1, 0.15) is 58.9 Å². The topological polar surface area (TPSA) is 77.0 Å². The normalized spacial score (nSPS) is 14.9. The molecule has 0 bridgehead atoms. The maximum Gasteiger partial charge on any atom is 0.267 e. The fourth-order valence-electron chi connectivity index (χ4n) is 4.02. The number of carbonyl (C=O) groups excluding carboxylic acids is 1. The molecule has 3 aromatic heterocycles. The zero-order chi connectivity index (χ0) is 20.4. The predicted molar refractivity (Wildman–Crippen MR) is 116 cm³/mol. The van der Waals surface area contributed by atoms with E-state index in [-0.39, 0.29) is 5.91 Å². The lowest BCUT2D eigenvalue weighted by Gasteiger charge is -2.22. The Morgan fingerprint density at radius 2 is 2.00 bits per heavy atom. The lowest BCUT2D eigenvalue weighted by atomic mass is 9.90. The molecule has 4 rings (SSSR count). The average Bonchev–Trinajstić information content (AvgIpc) is 3.04. The summed E-state index contributed by atoms with van der Waals surface area (Å²) >= 11 is 1.39. The highest BCUT2D eigenvalue weighted by molar-refractivity contribution is 7.20. The van der Waals surface area contributed by atoms with Gasteiger partial charge in [-0.25, -0.2) is 15.0 Å². The minimum absolute atomic E-state index is 0.191. The van der Waals surface area contributed by atoms with Gasteiger partial charge in [0.1, 0.15) is 10.7 Å². The number of carbonyl (C=O) groups is 1. The smallest absolute Gasteiger partial charge is 0.267 e. The molecule has 1 saturated carbocycles. The van der Waals surface area contributed by atoms with Crippen molar-refractivity contribution in [1.29, 1.82) is 0 Å². The van der Waals surface area contributed by atoms with Crippen LogP contribution in [0.15, 0.2) is 18.3 Å². The molecular formula is C22H26N4O2S. The summed E-state index contributed by atoms with van der Waals surface area (Å²) in [6.45, 7) is 6.43. The van der Waals surface area contributed by atoms with E-state index in [2.05, 4.69) is 20.3 Å². The van der Waals surface area contributed by atoms with Gasteiger partial charge in [0, 0.05) is 17.3 Å². The molecule has 3 aromatic rings. The second-order valence-corrected chi connectivity index (χ2v) is 8.71. The highest BCUT2D eigenvalue weighted by Gasteiger charge is 2.21. The van der Waals surface area contributed by atoms with Crippen LogP contribution in [-0.4, -0.2) is 27.5 Å². The van der Waals surface area contributed by atoms with Gasteiger partial charge in [-0.1, -0.05) is 19.3 Å². The number of nitrogens with one attached hydrogen (secondary N) is 1.